The number of carboxylic acid groups (broad SMARTS) is 1. The maximum atomic E-state index is 14.2. The lowest BCUT2D eigenvalue weighted by Gasteiger charge is -2.10. The first-order valence-electron chi connectivity index (χ1n) is 5.55. The first kappa shape index (κ1) is 14.7. The van der Waals surface area contributed by atoms with Crippen molar-refractivity contribution < 1.29 is 14.3 Å². The third-order valence-electron chi connectivity index (χ3n) is 2.69. The van der Waals surface area contributed by atoms with Crippen molar-refractivity contribution in [2.45, 2.75) is 11.8 Å². The standard InChI is InChI=1S/C13H10ClFN2O2S/c1-6-12(13(18)19)17-8(5-16-6)10-9(20-2)4-3-7(14)11(10)15/h3-5H,1-2H3,(H,18,19). The predicted molar refractivity (Wildman–Crippen MR) is 75.9 cm³/mol. The van der Waals surface area contributed by atoms with Gasteiger partial charge in [-0.15, -0.1) is 11.8 Å². The molecule has 2 rings (SSSR count). The molecule has 1 aromatic heterocycles. The molecule has 2 aromatic rings. The van der Waals surface area contributed by atoms with E-state index in [1.807, 2.05) is 0 Å². The number of hydrogen-bond acceptors (Lipinski definition) is 4. The first-order chi connectivity index (χ1) is 9.45. The van der Waals surface area contributed by atoms with E-state index >= 15 is 0 Å². The van der Waals surface area contributed by atoms with Gasteiger partial charge in [0, 0.05) is 4.90 Å². The van der Waals surface area contributed by atoms with Gasteiger partial charge in [0.05, 0.1) is 28.2 Å². The van der Waals surface area contributed by atoms with Gasteiger partial charge in [0.1, 0.15) is 0 Å². The number of benzene rings is 1. The summed E-state index contributed by atoms with van der Waals surface area (Å²) in [6.07, 6.45) is 3.13. The van der Waals surface area contributed by atoms with Crippen LogP contribution >= 0.6 is 23.4 Å². The number of rotatable bonds is 3. The molecule has 0 saturated heterocycles. The quantitative estimate of drug-likeness (QED) is 0.876. The summed E-state index contributed by atoms with van der Waals surface area (Å²) in [7, 11) is 0. The highest BCUT2D eigenvalue weighted by atomic mass is 35.5. The third-order valence-corrected chi connectivity index (χ3v) is 3.76. The maximum absolute atomic E-state index is 14.2. The number of carboxylic acids is 1. The Morgan fingerprint density at radius 2 is 2.15 bits per heavy atom. The summed E-state index contributed by atoms with van der Waals surface area (Å²) in [5, 5.41) is 9.02. The minimum atomic E-state index is -1.20. The minimum absolute atomic E-state index is 0.0444. The summed E-state index contributed by atoms with van der Waals surface area (Å²) in [5.74, 6) is -1.84. The second-order valence-electron chi connectivity index (χ2n) is 3.93. The molecule has 0 unspecified atom stereocenters. The number of aromatic nitrogens is 2. The summed E-state index contributed by atoms with van der Waals surface area (Å²) >= 11 is 7.10. The van der Waals surface area contributed by atoms with Crippen LogP contribution < -0.4 is 0 Å². The lowest BCUT2D eigenvalue weighted by atomic mass is 10.1. The van der Waals surface area contributed by atoms with Crippen LogP contribution in [0.1, 0.15) is 16.2 Å². The zero-order valence-corrected chi connectivity index (χ0v) is 12.2. The number of hydrogen-bond donors (Lipinski definition) is 1. The Kier molecular flexibility index (Phi) is 4.25. The van der Waals surface area contributed by atoms with Crippen LogP contribution in [0.3, 0.4) is 0 Å². The highest BCUT2D eigenvalue weighted by Crippen LogP contribution is 2.35. The van der Waals surface area contributed by atoms with E-state index in [9.17, 15) is 9.18 Å². The molecule has 0 radical (unpaired) electrons. The highest BCUT2D eigenvalue weighted by Gasteiger charge is 2.18. The molecule has 104 valence electrons. The molecule has 1 aromatic carbocycles. The Bertz CT molecular complexity index is 694. The second kappa shape index (κ2) is 5.76. The van der Waals surface area contributed by atoms with Gasteiger partial charge < -0.3 is 5.11 Å². The average molecular weight is 313 g/mol. The summed E-state index contributed by atoms with van der Waals surface area (Å²) in [6, 6.07) is 3.11. The molecule has 0 aliphatic carbocycles. The zero-order valence-electron chi connectivity index (χ0n) is 10.6. The zero-order chi connectivity index (χ0) is 14.9. The number of carbonyl (C=O) groups is 1. The Balaban J connectivity index is 2.71. The fourth-order valence-corrected chi connectivity index (χ4v) is 2.47. The van der Waals surface area contributed by atoms with E-state index in [0.717, 1.165) is 0 Å². The minimum Gasteiger partial charge on any atom is -0.476 e. The number of aromatic carboxylic acids is 1. The van der Waals surface area contributed by atoms with Gasteiger partial charge in [0.2, 0.25) is 0 Å². The molecule has 1 N–H and O–H groups in total. The molecule has 0 saturated carbocycles. The van der Waals surface area contributed by atoms with E-state index in [0.29, 0.717) is 4.90 Å². The van der Waals surface area contributed by atoms with E-state index in [-0.39, 0.29) is 27.7 Å². The van der Waals surface area contributed by atoms with Crippen molar-refractivity contribution in [3.8, 4) is 11.3 Å². The molecular weight excluding hydrogens is 303 g/mol. The third kappa shape index (κ3) is 2.62. The van der Waals surface area contributed by atoms with E-state index in [2.05, 4.69) is 9.97 Å². The number of aryl methyl sites for hydroxylation is 1. The molecule has 20 heavy (non-hydrogen) atoms. The molecule has 4 nitrogen and oxygen atoms in total. The average Bonchev–Trinajstić information content (AvgIpc) is 2.42. The second-order valence-corrected chi connectivity index (χ2v) is 5.19. The van der Waals surface area contributed by atoms with Gasteiger partial charge in [-0.1, -0.05) is 11.6 Å². The van der Waals surface area contributed by atoms with E-state index in [4.69, 9.17) is 16.7 Å². The topological polar surface area (TPSA) is 63.1 Å². The molecular formula is C13H10ClFN2O2S. The van der Waals surface area contributed by atoms with E-state index in [1.165, 1.54) is 30.9 Å². The fraction of sp³-hybridized carbons (Fsp3) is 0.154. The monoisotopic (exact) mass is 312 g/mol. The van der Waals surface area contributed by atoms with Crippen molar-refractivity contribution in [1.29, 1.82) is 0 Å². The molecule has 0 spiro atoms. The van der Waals surface area contributed by atoms with Crippen LogP contribution in [0.4, 0.5) is 4.39 Å². The molecule has 0 bridgehead atoms. The van der Waals surface area contributed by atoms with Crippen LogP contribution in [0, 0.1) is 12.7 Å². The largest absolute Gasteiger partial charge is 0.476 e. The van der Waals surface area contributed by atoms with E-state index < -0.39 is 11.8 Å². The maximum Gasteiger partial charge on any atom is 0.356 e. The van der Waals surface area contributed by atoms with Crippen molar-refractivity contribution in [2.24, 2.45) is 0 Å². The van der Waals surface area contributed by atoms with Gasteiger partial charge in [-0.2, -0.15) is 0 Å². The fourth-order valence-electron chi connectivity index (χ4n) is 1.71. The molecule has 0 aliphatic rings. The van der Waals surface area contributed by atoms with Crippen LogP contribution in [0.25, 0.3) is 11.3 Å². The molecule has 0 atom stereocenters. The summed E-state index contributed by atoms with van der Waals surface area (Å²) in [5.41, 5.74) is 0.390. The lowest BCUT2D eigenvalue weighted by molar-refractivity contribution is 0.0689. The van der Waals surface area contributed by atoms with Crippen molar-refractivity contribution in [2.75, 3.05) is 6.26 Å². The van der Waals surface area contributed by atoms with Crippen molar-refractivity contribution in [3.05, 3.63) is 40.6 Å². The van der Waals surface area contributed by atoms with Gasteiger partial charge in [-0.05, 0) is 25.3 Å². The highest BCUT2D eigenvalue weighted by molar-refractivity contribution is 7.98. The molecule has 0 aliphatic heterocycles. The number of thioether (sulfide) groups is 1. The van der Waals surface area contributed by atoms with Gasteiger partial charge in [-0.3, -0.25) is 4.98 Å². The van der Waals surface area contributed by atoms with Crippen LogP contribution in [-0.2, 0) is 0 Å². The van der Waals surface area contributed by atoms with Crippen molar-refractivity contribution >= 4 is 29.3 Å². The van der Waals surface area contributed by atoms with Gasteiger partial charge in [-0.25, -0.2) is 14.2 Å². The van der Waals surface area contributed by atoms with E-state index in [1.54, 1.807) is 12.3 Å². The molecule has 0 amide bonds. The SMILES string of the molecule is CSc1ccc(Cl)c(F)c1-c1cnc(C)c(C(=O)O)n1. The van der Waals surface area contributed by atoms with Gasteiger partial charge in [0.15, 0.2) is 11.5 Å². The van der Waals surface area contributed by atoms with Crippen LogP contribution in [0.5, 0.6) is 0 Å². The first-order valence-corrected chi connectivity index (χ1v) is 7.15. The Hall–Kier alpha value is -1.66. The Morgan fingerprint density at radius 3 is 2.75 bits per heavy atom. The van der Waals surface area contributed by atoms with Gasteiger partial charge >= 0.3 is 5.97 Å². The van der Waals surface area contributed by atoms with Crippen molar-refractivity contribution in [1.82, 2.24) is 9.97 Å². The number of halogens is 2. The van der Waals surface area contributed by atoms with Crippen LogP contribution in [0.15, 0.2) is 23.2 Å². The lowest BCUT2D eigenvalue weighted by Crippen LogP contribution is -2.07. The predicted octanol–water partition coefficient (Wildman–Crippen LogP) is 3.66. The summed E-state index contributed by atoms with van der Waals surface area (Å²) in [6.45, 7) is 1.53. The Labute approximate surface area is 124 Å². The molecule has 7 heteroatoms. The normalized spacial score (nSPS) is 10.6. The van der Waals surface area contributed by atoms with Crippen molar-refractivity contribution in [3.63, 3.8) is 0 Å². The van der Waals surface area contributed by atoms with Crippen LogP contribution in [-0.4, -0.2) is 27.3 Å². The van der Waals surface area contributed by atoms with Crippen LogP contribution in [0.2, 0.25) is 5.02 Å². The summed E-state index contributed by atoms with van der Waals surface area (Å²) < 4.78 is 14.2. The number of nitrogens with zero attached hydrogens (tertiary/aromatic N) is 2. The van der Waals surface area contributed by atoms with Gasteiger partial charge in [0.25, 0.3) is 0 Å². The summed E-state index contributed by atoms with van der Waals surface area (Å²) in [4.78, 5) is 19.6. The Morgan fingerprint density at radius 1 is 1.45 bits per heavy atom. The smallest absolute Gasteiger partial charge is 0.356 e. The molecule has 1 heterocycles. The molecule has 0 fully saturated rings.